The van der Waals surface area contributed by atoms with E-state index in [1.807, 2.05) is 12.1 Å². The molecule has 2 unspecified atom stereocenters. The number of anilines is 1. The molecule has 1 heterocycles. The molecule has 2 bridgehead atoms. The summed E-state index contributed by atoms with van der Waals surface area (Å²) in [5.74, 6) is -0.0370. The van der Waals surface area contributed by atoms with Crippen molar-refractivity contribution in [3.8, 4) is 11.1 Å². The number of nitrogens with one attached hydrogen (secondary N) is 1. The van der Waals surface area contributed by atoms with Gasteiger partial charge >= 0.3 is 0 Å². The molecular formula is C31H36N2O3S. The van der Waals surface area contributed by atoms with Crippen molar-refractivity contribution in [1.29, 1.82) is 0 Å². The van der Waals surface area contributed by atoms with Crippen LogP contribution in [0.25, 0.3) is 11.1 Å². The van der Waals surface area contributed by atoms with E-state index in [4.69, 9.17) is 4.74 Å². The monoisotopic (exact) mass is 516 g/mol. The standard InChI is InChI=1S/C31H36N2O3S/c1-36-16-17-37(34,35)32-27-8-4-7-26(20-27)31-13-5-9-28(21-31)33(15-14-31)22-23-11-12-30-25(18-23)19-24-6-2-3-10-29(24)30/h2-4,6-8,10-12,18,20,28,32H,5,9,13-17,19,21-22H2,1H3. The lowest BCUT2D eigenvalue weighted by atomic mass is 9.63. The van der Waals surface area contributed by atoms with Gasteiger partial charge in [-0.25, -0.2) is 8.42 Å². The molecule has 0 aromatic heterocycles. The van der Waals surface area contributed by atoms with Crippen molar-refractivity contribution in [3.05, 3.63) is 89.0 Å². The van der Waals surface area contributed by atoms with Crippen LogP contribution in [0.3, 0.4) is 0 Å². The highest BCUT2D eigenvalue weighted by atomic mass is 32.2. The molecule has 3 aromatic carbocycles. The van der Waals surface area contributed by atoms with Crippen LogP contribution < -0.4 is 4.72 Å². The third-order valence-corrected chi connectivity index (χ3v) is 10.0. The second-order valence-corrected chi connectivity index (χ2v) is 12.9. The topological polar surface area (TPSA) is 58.6 Å². The van der Waals surface area contributed by atoms with Gasteiger partial charge < -0.3 is 4.74 Å². The molecule has 2 fully saturated rings. The molecule has 1 saturated carbocycles. The predicted octanol–water partition coefficient (Wildman–Crippen LogP) is 5.73. The number of ether oxygens (including phenoxy) is 1. The van der Waals surface area contributed by atoms with Crippen LogP contribution in [-0.4, -0.2) is 45.4 Å². The van der Waals surface area contributed by atoms with Crippen LogP contribution in [-0.2, 0) is 33.1 Å². The summed E-state index contributed by atoms with van der Waals surface area (Å²) in [5, 5.41) is 0. The Hall–Kier alpha value is -2.67. The molecular weight excluding hydrogens is 480 g/mol. The van der Waals surface area contributed by atoms with Gasteiger partial charge in [0.05, 0.1) is 12.4 Å². The second kappa shape index (κ2) is 9.90. The smallest absolute Gasteiger partial charge is 0.234 e. The molecule has 3 aromatic rings. The Kier molecular flexibility index (Phi) is 6.59. The zero-order chi connectivity index (χ0) is 25.5. The van der Waals surface area contributed by atoms with Gasteiger partial charge in [-0.1, -0.05) is 61.0 Å². The molecule has 0 spiro atoms. The summed E-state index contributed by atoms with van der Waals surface area (Å²) in [7, 11) is -1.90. The minimum Gasteiger partial charge on any atom is -0.384 e. The first-order chi connectivity index (χ1) is 17.9. The fourth-order valence-electron chi connectivity index (χ4n) is 6.89. The van der Waals surface area contributed by atoms with E-state index >= 15 is 0 Å². The fraction of sp³-hybridized carbons (Fsp3) is 0.419. The summed E-state index contributed by atoms with van der Waals surface area (Å²) in [5.41, 5.74) is 9.16. The lowest BCUT2D eigenvalue weighted by Crippen LogP contribution is -2.51. The molecule has 1 N–H and O–H groups in total. The van der Waals surface area contributed by atoms with E-state index in [9.17, 15) is 8.42 Å². The van der Waals surface area contributed by atoms with Gasteiger partial charge in [0.15, 0.2) is 0 Å². The quantitative estimate of drug-likeness (QED) is 0.325. The van der Waals surface area contributed by atoms with E-state index in [0.717, 1.165) is 32.4 Å². The van der Waals surface area contributed by atoms with Crippen molar-refractivity contribution in [2.24, 2.45) is 0 Å². The largest absolute Gasteiger partial charge is 0.384 e. The van der Waals surface area contributed by atoms with E-state index in [1.54, 1.807) is 0 Å². The van der Waals surface area contributed by atoms with E-state index in [1.165, 1.54) is 59.8 Å². The van der Waals surface area contributed by atoms with Crippen molar-refractivity contribution in [3.63, 3.8) is 0 Å². The number of nitrogens with zero attached hydrogens (tertiary/aromatic N) is 1. The average molecular weight is 517 g/mol. The van der Waals surface area contributed by atoms with Crippen molar-refractivity contribution in [1.82, 2.24) is 4.90 Å². The molecule has 1 saturated heterocycles. The SMILES string of the molecule is COCCS(=O)(=O)Nc1cccc(C23CCCC(C2)N(Cc2ccc4c(c2)Cc2ccccc2-4)CC3)c1. The Labute approximate surface area is 220 Å². The highest BCUT2D eigenvalue weighted by Crippen LogP contribution is 2.48. The van der Waals surface area contributed by atoms with Crippen LogP contribution in [0, 0.1) is 0 Å². The maximum atomic E-state index is 12.4. The molecule has 5 nitrogen and oxygen atoms in total. The fourth-order valence-corrected chi connectivity index (χ4v) is 7.87. The number of piperidine rings is 1. The summed E-state index contributed by atoms with van der Waals surface area (Å²) in [6.45, 7) is 2.27. The van der Waals surface area contributed by atoms with Crippen LogP contribution in [0.1, 0.15) is 54.4 Å². The molecule has 37 heavy (non-hydrogen) atoms. The molecule has 2 aliphatic carbocycles. The van der Waals surface area contributed by atoms with Crippen molar-refractivity contribution < 1.29 is 13.2 Å². The van der Waals surface area contributed by atoms with Gasteiger partial charge in [-0.3, -0.25) is 9.62 Å². The highest BCUT2D eigenvalue weighted by Gasteiger charge is 2.43. The minimum atomic E-state index is -3.42. The molecule has 6 rings (SSSR count). The molecule has 6 heteroatoms. The maximum absolute atomic E-state index is 12.4. The van der Waals surface area contributed by atoms with Gasteiger partial charge in [-0.15, -0.1) is 0 Å². The summed E-state index contributed by atoms with van der Waals surface area (Å²) in [6.07, 6.45) is 6.92. The van der Waals surface area contributed by atoms with Crippen LogP contribution in [0.2, 0.25) is 0 Å². The normalized spacial score (nSPS) is 22.9. The van der Waals surface area contributed by atoms with Crippen molar-refractivity contribution in [2.45, 2.75) is 56.5 Å². The Morgan fingerprint density at radius 1 is 1.00 bits per heavy atom. The Morgan fingerprint density at radius 3 is 2.76 bits per heavy atom. The number of methoxy groups -OCH3 is 1. The number of fused-ring (bicyclic) bond motifs is 5. The number of hydrogen-bond donors (Lipinski definition) is 1. The second-order valence-electron chi connectivity index (χ2n) is 11.1. The van der Waals surface area contributed by atoms with Crippen LogP contribution >= 0.6 is 0 Å². The molecule has 194 valence electrons. The number of rotatable bonds is 8. The lowest BCUT2D eigenvalue weighted by Gasteiger charge is -2.51. The third-order valence-electron chi connectivity index (χ3n) is 8.76. The van der Waals surface area contributed by atoms with Gasteiger partial charge in [0.25, 0.3) is 0 Å². The Balaban J connectivity index is 1.16. The Morgan fingerprint density at radius 2 is 1.86 bits per heavy atom. The van der Waals surface area contributed by atoms with Crippen LogP contribution in [0.15, 0.2) is 66.7 Å². The summed E-state index contributed by atoms with van der Waals surface area (Å²) in [6, 6.07) is 24.5. The molecule has 0 amide bonds. The number of hydrogen-bond acceptors (Lipinski definition) is 4. The lowest BCUT2D eigenvalue weighted by molar-refractivity contribution is 0.0459. The third kappa shape index (κ3) is 4.95. The summed E-state index contributed by atoms with van der Waals surface area (Å²) >= 11 is 0. The number of sulfonamides is 1. The number of likely N-dealkylation sites (tertiary alicyclic amines) is 1. The van der Waals surface area contributed by atoms with Crippen molar-refractivity contribution >= 4 is 15.7 Å². The molecule has 0 radical (unpaired) electrons. The first kappa shape index (κ1) is 24.7. The van der Waals surface area contributed by atoms with Crippen molar-refractivity contribution in [2.75, 3.05) is 30.7 Å². The zero-order valence-electron chi connectivity index (χ0n) is 21.6. The number of benzene rings is 3. The van der Waals surface area contributed by atoms with Gasteiger partial charge in [0, 0.05) is 25.4 Å². The van der Waals surface area contributed by atoms with Gasteiger partial charge in [0.1, 0.15) is 0 Å². The van der Waals surface area contributed by atoms with Crippen LogP contribution in [0.4, 0.5) is 5.69 Å². The molecule has 3 aliphatic rings. The molecule has 2 atom stereocenters. The maximum Gasteiger partial charge on any atom is 0.234 e. The Bertz CT molecular complexity index is 1400. The average Bonchev–Trinajstić information content (AvgIpc) is 3.27. The zero-order valence-corrected chi connectivity index (χ0v) is 22.4. The van der Waals surface area contributed by atoms with E-state index < -0.39 is 10.0 Å². The first-order valence-corrected chi connectivity index (χ1v) is 15.1. The van der Waals surface area contributed by atoms with Gasteiger partial charge in [-0.2, -0.15) is 0 Å². The van der Waals surface area contributed by atoms with E-state index in [2.05, 4.69) is 64.2 Å². The van der Waals surface area contributed by atoms with E-state index in [-0.39, 0.29) is 17.8 Å². The summed E-state index contributed by atoms with van der Waals surface area (Å²) < 4.78 is 32.5. The first-order valence-electron chi connectivity index (χ1n) is 13.5. The predicted molar refractivity (Wildman–Crippen MR) is 149 cm³/mol. The minimum absolute atomic E-state index is 0.0370. The summed E-state index contributed by atoms with van der Waals surface area (Å²) in [4.78, 5) is 2.69. The highest BCUT2D eigenvalue weighted by molar-refractivity contribution is 7.92. The van der Waals surface area contributed by atoms with E-state index in [0.29, 0.717) is 11.7 Å². The molecule has 1 aliphatic heterocycles. The van der Waals surface area contributed by atoms with Gasteiger partial charge in [0.2, 0.25) is 10.0 Å². The van der Waals surface area contributed by atoms with Crippen LogP contribution in [0.5, 0.6) is 0 Å². The van der Waals surface area contributed by atoms with Gasteiger partial charge in [-0.05, 0) is 89.6 Å².